The lowest BCUT2D eigenvalue weighted by Crippen LogP contribution is -2.45. The van der Waals surface area contributed by atoms with E-state index in [0.717, 1.165) is 13.1 Å². The normalized spacial score (nSPS) is 16.3. The van der Waals surface area contributed by atoms with Gasteiger partial charge in [-0.05, 0) is 0 Å². The van der Waals surface area contributed by atoms with Crippen LogP contribution in [-0.2, 0) is 20.0 Å². The molecule has 0 bridgehead atoms. The fourth-order valence-electron chi connectivity index (χ4n) is 0.562. The van der Waals surface area contributed by atoms with E-state index >= 15 is 0 Å². The first-order chi connectivity index (χ1) is 8.71. The van der Waals surface area contributed by atoms with Crippen molar-refractivity contribution in [2.75, 3.05) is 13.1 Å². The van der Waals surface area contributed by atoms with Crippen LogP contribution in [0.5, 0.6) is 0 Å². The second kappa shape index (κ2) is 6.13. The van der Waals surface area contributed by atoms with Gasteiger partial charge in [0.05, 0.1) is 12.9 Å². The fraction of sp³-hybridized carbons (Fsp3) is 0.800. The number of aliphatic imine (C=N–C) groups is 1. The van der Waals surface area contributed by atoms with Crippen LogP contribution in [0, 0.1) is 0 Å². The Bertz CT molecular complexity index is 500. The number of hydrogen-bond acceptors (Lipinski definition) is 6. The Morgan fingerprint density at radius 1 is 0.950 bits per heavy atom. The predicted octanol–water partition coefficient (Wildman–Crippen LogP) is -0.107. The van der Waals surface area contributed by atoms with Crippen LogP contribution in [0.4, 0.5) is 26.3 Å². The molecular weight excluding hydrogens is 344 g/mol. The number of alkyl halides is 6. The van der Waals surface area contributed by atoms with Gasteiger partial charge in [-0.25, -0.2) is 16.8 Å². The summed E-state index contributed by atoms with van der Waals surface area (Å²) in [5.41, 5.74) is -12.3. The minimum absolute atomic E-state index is 0.493. The maximum absolute atomic E-state index is 11.5. The summed E-state index contributed by atoms with van der Waals surface area (Å²) in [5, 5.41) is 2.93. The Balaban J connectivity index is 0.000000595. The zero-order valence-corrected chi connectivity index (χ0v) is 10.8. The molecule has 0 atom stereocenters. The minimum Gasteiger partial charge on any atom is -0.375 e. The molecule has 1 rings (SSSR count). The van der Waals surface area contributed by atoms with E-state index in [9.17, 15) is 43.2 Å². The molecule has 120 valence electrons. The lowest BCUT2D eigenvalue weighted by molar-refractivity contribution is -0.0476. The van der Waals surface area contributed by atoms with E-state index in [2.05, 4.69) is 10.3 Å². The lowest BCUT2D eigenvalue weighted by Gasteiger charge is -2.11. The Hall–Kier alpha value is -1.09. The van der Waals surface area contributed by atoms with Crippen LogP contribution in [0.15, 0.2) is 4.99 Å². The van der Waals surface area contributed by atoms with Crippen molar-refractivity contribution >= 4 is 26.4 Å². The van der Waals surface area contributed by atoms with E-state index in [1.54, 1.807) is 6.34 Å². The molecule has 0 saturated carbocycles. The van der Waals surface area contributed by atoms with Crippen molar-refractivity contribution in [3.8, 4) is 0 Å². The van der Waals surface area contributed by atoms with Crippen LogP contribution in [0.1, 0.15) is 0 Å². The molecule has 0 unspecified atom stereocenters. The molecule has 0 aromatic rings. The Morgan fingerprint density at radius 2 is 1.35 bits per heavy atom. The summed E-state index contributed by atoms with van der Waals surface area (Å²) in [6.45, 7) is 1.99. The number of nitrogens with one attached hydrogen (secondary N) is 2. The van der Waals surface area contributed by atoms with Crippen molar-refractivity contribution in [2.45, 2.75) is 11.0 Å². The summed E-state index contributed by atoms with van der Waals surface area (Å²) in [4.78, 5) is 3.85. The first-order valence-corrected chi connectivity index (χ1v) is 7.30. The largest absolute Gasteiger partial charge is 0.512 e. The average Bonchev–Trinajstić information content (AvgIpc) is 2.68. The lowest BCUT2D eigenvalue weighted by atomic mass is 10.7. The number of sulfonamides is 2. The molecule has 1 heterocycles. The zero-order chi connectivity index (χ0) is 16.2. The van der Waals surface area contributed by atoms with Crippen LogP contribution >= 0.6 is 0 Å². The number of halogens is 6. The van der Waals surface area contributed by atoms with Gasteiger partial charge in [-0.3, -0.25) is 4.99 Å². The summed E-state index contributed by atoms with van der Waals surface area (Å²) >= 11 is 0. The molecule has 0 saturated heterocycles. The van der Waals surface area contributed by atoms with Gasteiger partial charge in [-0.1, -0.05) is 4.13 Å². The standard InChI is InChI=1S/C3H6N2.C2HF6NO4S2/c1-2-5-3-4-1;3-1(4,5)14(10,11)9-15(12,13)2(6,7)8/h3H,1-2H2,(H,4,5);9H. The monoisotopic (exact) mass is 351 g/mol. The van der Waals surface area contributed by atoms with Crippen LogP contribution in [0.25, 0.3) is 0 Å². The molecule has 0 spiro atoms. The Labute approximate surface area is 109 Å². The maximum atomic E-state index is 11.5. The molecule has 0 aliphatic carbocycles. The molecule has 20 heavy (non-hydrogen) atoms. The van der Waals surface area contributed by atoms with Crippen molar-refractivity contribution in [1.29, 1.82) is 0 Å². The van der Waals surface area contributed by atoms with Gasteiger partial charge in [0.2, 0.25) is 0 Å². The molecule has 0 fully saturated rings. The first-order valence-electron chi connectivity index (χ1n) is 4.33. The minimum atomic E-state index is -6.60. The van der Waals surface area contributed by atoms with E-state index in [-0.39, 0.29) is 0 Å². The Kier molecular flexibility index (Phi) is 5.79. The topological polar surface area (TPSA) is 105 Å². The highest BCUT2D eigenvalue weighted by molar-refractivity contribution is 8.05. The molecule has 1 aliphatic rings. The average molecular weight is 351 g/mol. The molecule has 7 nitrogen and oxygen atoms in total. The smallest absolute Gasteiger partial charge is 0.375 e. The van der Waals surface area contributed by atoms with Crippen molar-refractivity contribution in [3.05, 3.63) is 0 Å². The molecule has 1 aliphatic heterocycles. The van der Waals surface area contributed by atoms with E-state index in [1.165, 1.54) is 0 Å². The number of rotatable bonds is 2. The fourth-order valence-corrected chi connectivity index (χ4v) is 2.47. The van der Waals surface area contributed by atoms with E-state index in [4.69, 9.17) is 0 Å². The summed E-state index contributed by atoms with van der Waals surface area (Å²) in [6.07, 6.45) is 1.74. The highest BCUT2D eigenvalue weighted by Crippen LogP contribution is 2.27. The van der Waals surface area contributed by atoms with Gasteiger partial charge in [0.15, 0.2) is 0 Å². The van der Waals surface area contributed by atoms with Gasteiger partial charge in [-0.2, -0.15) is 26.3 Å². The molecule has 0 amide bonds. The van der Waals surface area contributed by atoms with Crippen molar-refractivity contribution in [1.82, 2.24) is 9.44 Å². The van der Waals surface area contributed by atoms with E-state index in [1.807, 2.05) is 0 Å². The third-order valence-corrected chi connectivity index (χ3v) is 4.37. The molecule has 0 aromatic carbocycles. The molecular formula is C5H7F6N3O4S2. The van der Waals surface area contributed by atoms with Crippen molar-refractivity contribution in [3.63, 3.8) is 0 Å². The number of hydrogen-bond donors (Lipinski definition) is 2. The Morgan fingerprint density at radius 3 is 1.50 bits per heavy atom. The SMILES string of the molecule is C1=NCCN1.O=S(=O)(NS(=O)(=O)C(F)(F)F)C(F)(F)F. The maximum Gasteiger partial charge on any atom is 0.512 e. The molecule has 2 N–H and O–H groups in total. The third kappa shape index (κ3) is 5.49. The van der Waals surface area contributed by atoms with Gasteiger partial charge in [0, 0.05) is 6.54 Å². The molecule has 15 heteroatoms. The van der Waals surface area contributed by atoms with Gasteiger partial charge in [0.25, 0.3) is 0 Å². The zero-order valence-electron chi connectivity index (χ0n) is 9.16. The quantitative estimate of drug-likeness (QED) is 0.676. The predicted molar refractivity (Wildman–Crippen MR) is 54.4 cm³/mol. The van der Waals surface area contributed by atoms with Crippen LogP contribution in [-0.4, -0.2) is 47.3 Å². The number of nitrogens with zero attached hydrogens (tertiary/aromatic N) is 1. The van der Waals surface area contributed by atoms with E-state index in [0.29, 0.717) is 0 Å². The van der Waals surface area contributed by atoms with Crippen LogP contribution in [0.3, 0.4) is 0 Å². The highest BCUT2D eigenvalue weighted by Gasteiger charge is 2.55. The summed E-state index contributed by atoms with van der Waals surface area (Å²) in [5.74, 6) is 0. The van der Waals surface area contributed by atoms with Crippen LogP contribution in [0.2, 0.25) is 0 Å². The van der Waals surface area contributed by atoms with E-state index < -0.39 is 35.2 Å². The summed E-state index contributed by atoms with van der Waals surface area (Å²) < 4.78 is 108. The van der Waals surface area contributed by atoms with Crippen LogP contribution < -0.4 is 9.44 Å². The summed E-state index contributed by atoms with van der Waals surface area (Å²) in [7, 11) is -13.2. The first kappa shape index (κ1) is 18.9. The van der Waals surface area contributed by atoms with Gasteiger partial charge in [0.1, 0.15) is 0 Å². The molecule has 0 radical (unpaired) electrons. The van der Waals surface area contributed by atoms with Gasteiger partial charge < -0.3 is 5.32 Å². The second-order valence-electron chi connectivity index (χ2n) is 2.97. The van der Waals surface area contributed by atoms with Gasteiger partial charge >= 0.3 is 31.1 Å². The second-order valence-corrected chi connectivity index (χ2v) is 6.58. The van der Waals surface area contributed by atoms with Crippen molar-refractivity contribution in [2.24, 2.45) is 4.99 Å². The van der Waals surface area contributed by atoms with Gasteiger partial charge in [-0.15, -0.1) is 0 Å². The third-order valence-electron chi connectivity index (χ3n) is 1.40. The van der Waals surface area contributed by atoms with Crippen molar-refractivity contribution < 1.29 is 43.2 Å². The summed E-state index contributed by atoms with van der Waals surface area (Å²) in [6, 6.07) is 0. The molecule has 0 aromatic heterocycles. The highest BCUT2D eigenvalue weighted by atomic mass is 32.3.